The number of hydrogen-bond donors (Lipinski definition) is 2. The van der Waals surface area contributed by atoms with Crippen LogP contribution in [-0.2, 0) is 155 Å². The molecule has 0 aromatic rings. The smallest absolute Gasteiger partial charge is 0.469 e. The molecule has 0 saturated carbocycles. The van der Waals surface area contributed by atoms with Crippen LogP contribution in [0.4, 0.5) is 0 Å². The van der Waals surface area contributed by atoms with Crippen molar-refractivity contribution in [3.63, 3.8) is 0 Å². The Kier molecular flexibility index (Phi) is 268. The number of carbonyl (C=O) groups excluding carboxylic acids is 6. The maximum absolute atomic E-state index is 12.3. The summed E-state index contributed by atoms with van der Waals surface area (Å²) in [5, 5.41) is 3.14. The van der Waals surface area contributed by atoms with Gasteiger partial charge in [0.25, 0.3) is 0 Å². The van der Waals surface area contributed by atoms with Gasteiger partial charge in [-0.3, -0.25) is 32.2 Å². The van der Waals surface area contributed by atoms with Crippen molar-refractivity contribution in [1.29, 1.82) is 0 Å². The van der Waals surface area contributed by atoms with E-state index < -0.39 is 131 Å². The predicted octanol–water partition coefficient (Wildman–Crippen LogP) is 22.2. The van der Waals surface area contributed by atoms with Gasteiger partial charge in [-0.1, -0.05) is 296 Å². The number of unbranched alkanes of at least 4 members (excludes halogenated alkanes) is 2. The van der Waals surface area contributed by atoms with Gasteiger partial charge < -0.3 is 119 Å². The number of ether oxygens (including phenoxy) is 6. The van der Waals surface area contributed by atoms with Crippen LogP contribution in [0.15, 0.2) is 12.7 Å². The predicted molar refractivity (Wildman–Crippen MR) is 577 cm³/mol. The molecule has 4 atom stereocenters. The topological polar surface area (TPSA) is 430 Å². The average Bonchev–Trinajstić information content (AvgIpc) is 0.873. The highest BCUT2D eigenvalue weighted by Gasteiger charge is 2.40. The minimum Gasteiger partial charge on any atom is -0.469 e. The van der Waals surface area contributed by atoms with E-state index in [2.05, 4.69) is 21.4 Å². The van der Waals surface area contributed by atoms with Crippen molar-refractivity contribution in [2.45, 2.75) is 383 Å². The van der Waals surface area contributed by atoms with Crippen molar-refractivity contribution in [2.75, 3.05) is 175 Å². The lowest BCUT2D eigenvalue weighted by Gasteiger charge is -2.24. The van der Waals surface area contributed by atoms with Crippen LogP contribution in [-0.4, -0.2) is 294 Å². The van der Waals surface area contributed by atoms with Gasteiger partial charge in [0.05, 0.1) is 45.7 Å². The highest BCUT2D eigenvalue weighted by Crippen LogP contribution is 2.19. The SMILES string of the molecule is C=CC(=O)OC(CC(C)C(=O)OC)C(=O)OCCCC.CC.CC.CC.CC.CC.CC.CC.CC.CC.CC.CC.CC.CC.CC.CC.CC.CCCCOC(=O)C(CC(C)C(=O)OC)OC(=O)CCNCCC[Si](OC)(OC)OC.CC[Si](OC)(OC)OC.CC[Si](OC)(OC)OC.CC[Si](OC)(OC)OC.CC[Si](OC)(OC)OC.CO[Si](CCCN)(OC)OC.O=[Si]=O.O=[Si]=O. The molecule has 0 saturated heterocycles. The Morgan fingerprint density at radius 2 is 0.507 bits per heavy atom. The first kappa shape index (κ1) is 198. The molecule has 0 spiro atoms. The third-order valence-electron chi connectivity index (χ3n) is 14.4. The molecule has 136 heavy (non-hydrogen) atoms. The fraction of sp³-hybridized carbons (Fsp3) is 0.913. The summed E-state index contributed by atoms with van der Waals surface area (Å²) < 4.78 is 156. The zero-order valence-corrected chi connectivity index (χ0v) is 108. The first-order valence-corrected chi connectivity index (χ1v) is 62.4. The first-order chi connectivity index (χ1) is 65.3. The molecule has 0 radical (unpaired) electrons. The monoisotopic (exact) mass is 2130 g/mol. The normalized spacial score (nSPS) is 9.92. The summed E-state index contributed by atoms with van der Waals surface area (Å²) in [6.45, 7) is 84.5. The van der Waals surface area contributed by atoms with Crippen molar-refractivity contribution >= 4 is 107 Å². The maximum atomic E-state index is 12.3. The van der Waals surface area contributed by atoms with E-state index in [0.29, 0.717) is 32.1 Å². The van der Waals surface area contributed by atoms with Gasteiger partial charge in [-0.15, -0.1) is 0 Å². The number of hydrogen-bond acceptors (Lipinski definition) is 36. The lowest BCUT2D eigenvalue weighted by atomic mass is 10.0. The average molecular weight is 2130 g/mol. The number of methoxy groups -OCH3 is 2. The number of esters is 6. The molecule has 0 aliphatic rings. The molecule has 4 unspecified atom stereocenters. The molecule has 44 heteroatoms. The molecule has 0 amide bonds. The molecule has 0 heterocycles. The van der Waals surface area contributed by atoms with Crippen LogP contribution in [0, 0.1) is 11.8 Å². The highest BCUT2D eigenvalue weighted by atomic mass is 28.4. The molecule has 0 aliphatic heterocycles. The maximum Gasteiger partial charge on any atom is 0.549 e. The van der Waals surface area contributed by atoms with Crippen molar-refractivity contribution < 1.29 is 155 Å². The lowest BCUT2D eigenvalue weighted by molar-refractivity contribution is -0.170. The van der Waals surface area contributed by atoms with Gasteiger partial charge in [-0.2, -0.15) is 0 Å². The molecule has 0 bridgehead atoms. The van der Waals surface area contributed by atoms with E-state index in [4.69, 9.17) is 122 Å². The molecule has 0 rings (SSSR count). The Morgan fingerprint density at radius 3 is 0.669 bits per heavy atom. The van der Waals surface area contributed by atoms with E-state index in [-0.39, 0.29) is 32.5 Å². The van der Waals surface area contributed by atoms with Gasteiger partial charge in [0.2, 0.25) is 0 Å². The van der Waals surface area contributed by atoms with Crippen LogP contribution in [0.5, 0.6) is 0 Å². The van der Waals surface area contributed by atoms with E-state index in [0.717, 1.165) is 68.4 Å². The zero-order valence-electron chi connectivity index (χ0n) is 99.7. The van der Waals surface area contributed by atoms with Crippen LogP contribution < -0.4 is 11.1 Å². The van der Waals surface area contributed by atoms with Crippen LogP contribution in [0.3, 0.4) is 0 Å². The number of nitrogens with two attached hydrogens (primary N) is 1. The summed E-state index contributed by atoms with van der Waals surface area (Å²) in [6, 6.07) is 4.69. The van der Waals surface area contributed by atoms with E-state index in [1.807, 2.05) is 263 Å². The Hall–Kier alpha value is -3.30. The van der Waals surface area contributed by atoms with Crippen LogP contribution in [0.2, 0.25) is 36.3 Å². The van der Waals surface area contributed by atoms with E-state index >= 15 is 0 Å². The fourth-order valence-electron chi connectivity index (χ4n) is 7.76. The van der Waals surface area contributed by atoms with Gasteiger partial charge in [-0.05, 0) is 38.8 Å². The molecule has 0 fully saturated rings. The van der Waals surface area contributed by atoms with Gasteiger partial charge in [0.15, 0.2) is 12.2 Å². The third kappa shape index (κ3) is 139. The molecular formula is C92H230N2O34Si8. The Balaban J connectivity index is -0.0000000449. The third-order valence-corrected chi connectivity index (χ3v) is 31.0. The zero-order chi connectivity index (χ0) is 115. The van der Waals surface area contributed by atoms with Gasteiger partial charge in [0.1, 0.15) is 0 Å². The first-order valence-electron chi connectivity index (χ1n) is 49.1. The van der Waals surface area contributed by atoms with Crippen molar-refractivity contribution in [3.05, 3.63) is 12.7 Å². The summed E-state index contributed by atoms with van der Waals surface area (Å²) in [5.74, 6) is -4.74. The standard InChI is InChI=1S/C20H39NO9Si.C14H22O6.C6H17NO3Si.4C5H14O3Si.16C2H6.2O2Si/c1-7-8-13-29-20(24)17(15-16(2)19(23)25-3)30-18(22)10-12-21-11-9-14-31(26-4,27-5)28-6;1-5-7-8-19-14(17)11(20-12(15)6-2)9-10(3)13(16)18-4;1-8-11(9-2,10-3)6-4-5-7;4*1-5-9(6-2,7-3)8-4;16*1-2;2*1-3-2/h16-17,21H,7-15H2,1-6H3;6,10-11H,2,5,7-9H2,1,3-4H3;4-7H2,1-3H3;4*5H2,1-4H3;16*1-2H3;;. The molecule has 0 aromatic heterocycles. The van der Waals surface area contributed by atoms with Gasteiger partial charge in [-0.25, -0.2) is 14.4 Å². The second-order valence-corrected chi connectivity index (χ2v) is 40.0. The summed E-state index contributed by atoms with van der Waals surface area (Å²) >= 11 is 0. The Labute approximate surface area is 851 Å². The summed E-state index contributed by atoms with van der Waals surface area (Å²) in [4.78, 5) is 70.6. The highest BCUT2D eigenvalue weighted by molar-refractivity contribution is 6.62. The lowest BCUT2D eigenvalue weighted by Crippen LogP contribution is -2.43. The summed E-state index contributed by atoms with van der Waals surface area (Å²) in [6.07, 6.45) is 3.58. The largest absolute Gasteiger partial charge is 0.549 e. The minimum absolute atomic E-state index is 0.00850. The second kappa shape index (κ2) is 184. The van der Waals surface area contributed by atoms with Crippen molar-refractivity contribution in [2.24, 2.45) is 17.6 Å². The molecule has 844 valence electrons. The summed E-state index contributed by atoms with van der Waals surface area (Å²) in [7, 11) is 14.9. The van der Waals surface area contributed by atoms with E-state index in [9.17, 15) is 28.8 Å². The Bertz CT molecular complexity index is 1970. The molecule has 36 nitrogen and oxygen atoms in total. The van der Waals surface area contributed by atoms with Crippen molar-refractivity contribution in [3.8, 4) is 0 Å². The number of nitrogens with one attached hydrogen (secondary N) is 1. The molecule has 0 aromatic carbocycles. The van der Waals surface area contributed by atoms with Gasteiger partial charge in [0, 0.05) is 190 Å². The summed E-state index contributed by atoms with van der Waals surface area (Å²) in [5.41, 5.74) is 5.36. The van der Waals surface area contributed by atoms with Crippen LogP contribution in [0.1, 0.15) is 335 Å². The van der Waals surface area contributed by atoms with Crippen LogP contribution in [0.25, 0.3) is 0 Å². The Morgan fingerprint density at radius 1 is 0.309 bits per heavy atom. The van der Waals surface area contributed by atoms with E-state index in [1.54, 1.807) is 142 Å². The number of rotatable bonds is 49. The molecular weight excluding hydrogens is 1900 g/mol. The molecule has 3 N–H and O–H groups in total. The van der Waals surface area contributed by atoms with Gasteiger partial charge >= 0.3 is 107 Å². The number of carbonyl (C=O) groups is 6. The fourth-order valence-corrected chi connectivity index (χ4v) is 16.7. The second-order valence-electron chi connectivity index (χ2n) is 20.3. The molecule has 0 aliphatic carbocycles. The quantitative estimate of drug-likeness (QED) is 0.0188. The van der Waals surface area contributed by atoms with E-state index in [1.165, 1.54) is 14.2 Å². The van der Waals surface area contributed by atoms with Crippen molar-refractivity contribution in [1.82, 2.24) is 5.32 Å². The van der Waals surface area contributed by atoms with Crippen LogP contribution >= 0.6 is 0 Å². The minimum atomic E-state index is -2.60.